The number of hydrogen-bond donors (Lipinski definition) is 1. The zero-order valence-electron chi connectivity index (χ0n) is 14.9. The van der Waals surface area contributed by atoms with Crippen LogP contribution in [0.2, 0.25) is 0 Å². The van der Waals surface area contributed by atoms with Crippen LogP contribution in [0.4, 0.5) is 11.4 Å². The van der Waals surface area contributed by atoms with Crippen molar-refractivity contribution in [1.82, 2.24) is 14.8 Å². The largest absolute Gasteiger partial charge is 0.322 e. The molecule has 3 aromatic rings. The molecule has 0 spiro atoms. The van der Waals surface area contributed by atoms with Gasteiger partial charge in [0.05, 0.1) is 6.54 Å². The summed E-state index contributed by atoms with van der Waals surface area (Å²) in [5, 5.41) is 6.95. The highest BCUT2D eigenvalue weighted by Crippen LogP contribution is 2.17. The first kappa shape index (κ1) is 18.1. The lowest BCUT2D eigenvalue weighted by Gasteiger charge is -2.15. The zero-order valence-corrected chi connectivity index (χ0v) is 14.9. The van der Waals surface area contributed by atoms with Crippen molar-refractivity contribution in [2.75, 3.05) is 17.3 Å². The number of aromatic nitrogens is 3. The molecule has 2 amide bonds. The lowest BCUT2D eigenvalue weighted by molar-refractivity contribution is -0.113. The Hall–Kier alpha value is -3.74. The van der Waals surface area contributed by atoms with E-state index in [1.54, 1.807) is 42.3 Å². The third-order valence-electron chi connectivity index (χ3n) is 4.02. The highest BCUT2D eigenvalue weighted by atomic mass is 16.2. The first-order valence-corrected chi connectivity index (χ1v) is 8.29. The van der Waals surface area contributed by atoms with Crippen LogP contribution in [0.25, 0.3) is 0 Å². The molecule has 0 aliphatic rings. The summed E-state index contributed by atoms with van der Waals surface area (Å²) >= 11 is 0. The Morgan fingerprint density at radius 3 is 2.67 bits per heavy atom. The number of anilines is 2. The van der Waals surface area contributed by atoms with Crippen molar-refractivity contribution in [2.24, 2.45) is 0 Å². The van der Waals surface area contributed by atoms with Gasteiger partial charge in [0.15, 0.2) is 0 Å². The van der Waals surface area contributed by atoms with Gasteiger partial charge in [-0.3, -0.25) is 9.59 Å². The van der Waals surface area contributed by atoms with Crippen LogP contribution >= 0.6 is 0 Å². The molecule has 0 saturated heterocycles. The molecule has 0 fully saturated rings. The smallest absolute Gasteiger partial charge is 0.255 e. The Labute approximate surface area is 157 Å². The first-order valence-electron chi connectivity index (χ1n) is 8.29. The molecular weight excluding hydrogens is 342 g/mol. The normalized spacial score (nSPS) is 10.3. The Kier molecular flexibility index (Phi) is 5.41. The van der Waals surface area contributed by atoms with Gasteiger partial charge in [0.2, 0.25) is 5.91 Å². The minimum atomic E-state index is -0.225. The van der Waals surface area contributed by atoms with E-state index in [4.69, 9.17) is 0 Å². The van der Waals surface area contributed by atoms with Crippen molar-refractivity contribution in [1.29, 1.82) is 0 Å². The van der Waals surface area contributed by atoms with Gasteiger partial charge in [-0.2, -0.15) is 5.10 Å². The van der Waals surface area contributed by atoms with Crippen molar-refractivity contribution in [3.63, 3.8) is 0 Å². The van der Waals surface area contributed by atoms with Gasteiger partial charge in [-0.15, -0.1) is 0 Å². The second kappa shape index (κ2) is 8.09. The SMILES string of the molecule is C=CC(=O)N(C)c1ccc(C(=O)Nc2cccc(Cn3cncn3)c2)cc1. The van der Waals surface area contributed by atoms with E-state index in [1.165, 1.54) is 17.3 Å². The van der Waals surface area contributed by atoms with E-state index in [9.17, 15) is 9.59 Å². The Bertz CT molecular complexity index is 949. The fraction of sp³-hybridized carbons (Fsp3) is 0.100. The third kappa shape index (κ3) is 4.46. The van der Waals surface area contributed by atoms with Crippen LogP contribution in [0.1, 0.15) is 15.9 Å². The molecular formula is C20H19N5O2. The maximum atomic E-state index is 12.5. The van der Waals surface area contributed by atoms with Crippen LogP contribution in [0.3, 0.4) is 0 Å². The molecule has 0 bridgehead atoms. The van der Waals surface area contributed by atoms with E-state index in [2.05, 4.69) is 22.0 Å². The summed E-state index contributed by atoms with van der Waals surface area (Å²) in [5.74, 6) is -0.437. The first-order chi connectivity index (χ1) is 13.1. The molecule has 0 saturated carbocycles. The third-order valence-corrected chi connectivity index (χ3v) is 4.02. The molecule has 0 aliphatic heterocycles. The summed E-state index contributed by atoms with van der Waals surface area (Å²) in [5.41, 5.74) is 2.88. The van der Waals surface area contributed by atoms with E-state index >= 15 is 0 Å². The predicted octanol–water partition coefficient (Wildman–Crippen LogP) is 2.73. The van der Waals surface area contributed by atoms with Crippen LogP contribution in [-0.4, -0.2) is 33.6 Å². The lowest BCUT2D eigenvalue weighted by Crippen LogP contribution is -2.23. The van der Waals surface area contributed by atoms with Crippen LogP contribution in [-0.2, 0) is 11.3 Å². The number of amides is 2. The van der Waals surface area contributed by atoms with E-state index in [-0.39, 0.29) is 11.8 Å². The Morgan fingerprint density at radius 2 is 2.00 bits per heavy atom. The van der Waals surface area contributed by atoms with Gasteiger partial charge < -0.3 is 10.2 Å². The van der Waals surface area contributed by atoms with Crippen molar-refractivity contribution in [3.05, 3.63) is 85.0 Å². The fourth-order valence-electron chi connectivity index (χ4n) is 2.55. The number of benzene rings is 2. The van der Waals surface area contributed by atoms with Gasteiger partial charge >= 0.3 is 0 Å². The molecule has 0 radical (unpaired) electrons. The second-order valence-corrected chi connectivity index (χ2v) is 5.90. The van der Waals surface area contributed by atoms with Gasteiger partial charge in [-0.1, -0.05) is 18.7 Å². The number of carbonyl (C=O) groups excluding carboxylic acids is 2. The van der Waals surface area contributed by atoms with E-state index in [1.807, 2.05) is 24.3 Å². The zero-order chi connectivity index (χ0) is 19.2. The molecule has 0 atom stereocenters. The molecule has 7 heteroatoms. The fourth-order valence-corrected chi connectivity index (χ4v) is 2.55. The van der Waals surface area contributed by atoms with Crippen LogP contribution in [0.15, 0.2) is 73.8 Å². The number of nitrogens with one attached hydrogen (secondary N) is 1. The monoisotopic (exact) mass is 361 g/mol. The van der Waals surface area contributed by atoms with Crippen molar-refractivity contribution < 1.29 is 9.59 Å². The van der Waals surface area contributed by atoms with Crippen molar-refractivity contribution in [2.45, 2.75) is 6.54 Å². The Balaban J connectivity index is 1.68. The van der Waals surface area contributed by atoms with Crippen LogP contribution in [0, 0.1) is 0 Å². The standard InChI is InChI=1S/C20H19N5O2/c1-3-19(26)24(2)18-9-7-16(8-10-18)20(27)23-17-6-4-5-15(11-17)12-25-14-21-13-22-25/h3-11,13-14H,1,12H2,2H3,(H,23,27). The summed E-state index contributed by atoms with van der Waals surface area (Å²) in [7, 11) is 1.65. The van der Waals surface area contributed by atoms with Gasteiger partial charge in [-0.25, -0.2) is 9.67 Å². The number of rotatable bonds is 6. The lowest BCUT2D eigenvalue weighted by atomic mass is 10.1. The average Bonchev–Trinajstić information content (AvgIpc) is 3.20. The number of hydrogen-bond acceptors (Lipinski definition) is 4. The van der Waals surface area contributed by atoms with Crippen LogP contribution < -0.4 is 10.2 Å². The van der Waals surface area contributed by atoms with Gasteiger partial charge in [-0.05, 0) is 48.0 Å². The topological polar surface area (TPSA) is 80.1 Å². The number of likely N-dealkylation sites (N-methyl/N-ethyl adjacent to an activating group) is 1. The summed E-state index contributed by atoms with van der Waals surface area (Å²) < 4.78 is 1.71. The summed E-state index contributed by atoms with van der Waals surface area (Å²) in [6, 6.07) is 14.3. The summed E-state index contributed by atoms with van der Waals surface area (Å²) in [6.45, 7) is 4.04. The minimum absolute atomic E-state index is 0.212. The van der Waals surface area contributed by atoms with Gasteiger partial charge in [0.25, 0.3) is 5.91 Å². The van der Waals surface area contributed by atoms with Crippen molar-refractivity contribution >= 4 is 23.2 Å². The average molecular weight is 361 g/mol. The molecule has 7 nitrogen and oxygen atoms in total. The maximum Gasteiger partial charge on any atom is 0.255 e. The van der Waals surface area contributed by atoms with Crippen molar-refractivity contribution in [3.8, 4) is 0 Å². The number of nitrogens with zero attached hydrogens (tertiary/aromatic N) is 4. The van der Waals surface area contributed by atoms with Gasteiger partial charge in [0.1, 0.15) is 12.7 Å². The van der Waals surface area contributed by atoms with Gasteiger partial charge in [0, 0.05) is 24.0 Å². The maximum absolute atomic E-state index is 12.5. The molecule has 136 valence electrons. The highest BCUT2D eigenvalue weighted by molar-refractivity contribution is 6.05. The Morgan fingerprint density at radius 1 is 1.22 bits per heavy atom. The molecule has 2 aromatic carbocycles. The highest BCUT2D eigenvalue weighted by Gasteiger charge is 2.10. The van der Waals surface area contributed by atoms with E-state index < -0.39 is 0 Å². The van der Waals surface area contributed by atoms with Crippen LogP contribution in [0.5, 0.6) is 0 Å². The summed E-state index contributed by atoms with van der Waals surface area (Å²) in [4.78, 5) is 29.5. The predicted molar refractivity (Wildman–Crippen MR) is 104 cm³/mol. The molecule has 0 aliphatic carbocycles. The molecule has 1 aromatic heterocycles. The summed E-state index contributed by atoms with van der Waals surface area (Å²) in [6.07, 6.45) is 4.36. The van der Waals surface area contributed by atoms with E-state index in [0.717, 1.165) is 5.56 Å². The van der Waals surface area contributed by atoms with E-state index in [0.29, 0.717) is 23.5 Å². The second-order valence-electron chi connectivity index (χ2n) is 5.90. The molecule has 3 rings (SSSR count). The molecule has 1 N–H and O–H groups in total. The minimum Gasteiger partial charge on any atom is -0.322 e. The molecule has 1 heterocycles. The molecule has 27 heavy (non-hydrogen) atoms. The quantitative estimate of drug-likeness (QED) is 0.685. The number of carbonyl (C=O) groups is 2. The molecule has 0 unspecified atom stereocenters.